The van der Waals surface area contributed by atoms with Crippen molar-refractivity contribution >= 4 is 5.91 Å². The highest BCUT2D eigenvalue weighted by molar-refractivity contribution is 5.99. The molecule has 0 aliphatic rings. The monoisotopic (exact) mass is 308 g/mol. The minimum atomic E-state index is -0.270. The van der Waals surface area contributed by atoms with Crippen LogP contribution in [0.25, 0.3) is 16.9 Å². The van der Waals surface area contributed by atoms with E-state index in [1.165, 1.54) is 12.2 Å². The van der Waals surface area contributed by atoms with E-state index in [-0.39, 0.29) is 5.91 Å². The second-order valence-corrected chi connectivity index (χ2v) is 4.90. The predicted octanol–water partition coefficient (Wildman–Crippen LogP) is 2.57. The van der Waals surface area contributed by atoms with Crippen molar-refractivity contribution in [3.8, 4) is 16.9 Å². The van der Waals surface area contributed by atoms with Crippen LogP contribution in [-0.2, 0) is 4.84 Å². The van der Waals surface area contributed by atoms with E-state index >= 15 is 0 Å². The summed E-state index contributed by atoms with van der Waals surface area (Å²) < 4.78 is 1.68. The molecule has 1 aromatic carbocycles. The van der Waals surface area contributed by atoms with Gasteiger partial charge in [0.25, 0.3) is 5.91 Å². The van der Waals surface area contributed by atoms with Crippen LogP contribution in [0.2, 0.25) is 0 Å². The number of hydrogen-bond donors (Lipinski definition) is 0. The molecule has 2 heterocycles. The number of hydroxylamine groups is 2. The summed E-state index contributed by atoms with van der Waals surface area (Å²) in [5.41, 5.74) is 2.66. The minimum absolute atomic E-state index is 0.270. The Balaban J connectivity index is 2.13. The van der Waals surface area contributed by atoms with Crippen molar-refractivity contribution in [2.24, 2.45) is 0 Å². The number of rotatable bonds is 4. The highest BCUT2D eigenvalue weighted by Crippen LogP contribution is 2.24. The lowest BCUT2D eigenvalue weighted by molar-refractivity contribution is -0.0756. The van der Waals surface area contributed by atoms with E-state index < -0.39 is 0 Å². The van der Waals surface area contributed by atoms with Crippen molar-refractivity contribution in [3.63, 3.8) is 0 Å². The predicted molar refractivity (Wildman–Crippen MR) is 85.9 cm³/mol. The van der Waals surface area contributed by atoms with Crippen LogP contribution in [0.4, 0.5) is 0 Å². The highest BCUT2D eigenvalue weighted by Gasteiger charge is 2.21. The van der Waals surface area contributed by atoms with Gasteiger partial charge in [0.15, 0.2) is 0 Å². The largest absolute Gasteiger partial charge is 0.281 e. The molecular formula is C17H16N4O2. The first-order valence-corrected chi connectivity index (χ1v) is 7.08. The van der Waals surface area contributed by atoms with Gasteiger partial charge in [-0.25, -0.2) is 9.75 Å². The Bertz CT molecular complexity index is 800. The molecule has 3 rings (SSSR count). The van der Waals surface area contributed by atoms with Gasteiger partial charge in [-0.1, -0.05) is 18.2 Å². The Morgan fingerprint density at radius 2 is 1.96 bits per heavy atom. The van der Waals surface area contributed by atoms with Gasteiger partial charge in [0.2, 0.25) is 0 Å². The number of pyridine rings is 1. The first kappa shape index (κ1) is 14.9. The first-order chi connectivity index (χ1) is 11.2. The number of carbonyl (C=O) groups excluding carboxylic acids is 1. The summed E-state index contributed by atoms with van der Waals surface area (Å²) in [6.07, 6.45) is 5.07. The van der Waals surface area contributed by atoms with Crippen molar-refractivity contribution in [2.75, 3.05) is 14.2 Å². The molecule has 0 bridgehead atoms. The van der Waals surface area contributed by atoms with E-state index in [0.29, 0.717) is 11.3 Å². The summed E-state index contributed by atoms with van der Waals surface area (Å²) in [5.74, 6) is -0.270. The van der Waals surface area contributed by atoms with Crippen LogP contribution in [0.15, 0.2) is 61.1 Å². The van der Waals surface area contributed by atoms with Gasteiger partial charge >= 0.3 is 0 Å². The zero-order chi connectivity index (χ0) is 16.2. The molecule has 0 fully saturated rings. The molecule has 0 N–H and O–H groups in total. The molecule has 6 nitrogen and oxygen atoms in total. The Morgan fingerprint density at radius 1 is 1.17 bits per heavy atom. The first-order valence-electron chi connectivity index (χ1n) is 7.08. The summed E-state index contributed by atoms with van der Waals surface area (Å²) in [6.45, 7) is 0. The second-order valence-electron chi connectivity index (χ2n) is 4.90. The summed E-state index contributed by atoms with van der Waals surface area (Å²) >= 11 is 0. The normalized spacial score (nSPS) is 10.5. The standard InChI is InChI=1S/C17H16N4O2/c1-20(23-2)17(22)15-12-21(14-8-4-3-5-9-14)19-16(15)13-7-6-10-18-11-13/h3-12H,1-2H3. The van der Waals surface area contributed by atoms with E-state index in [1.54, 1.807) is 30.3 Å². The number of carbonyl (C=O) groups is 1. The highest BCUT2D eigenvalue weighted by atomic mass is 16.7. The van der Waals surface area contributed by atoms with Gasteiger partial charge in [0, 0.05) is 31.2 Å². The van der Waals surface area contributed by atoms with E-state index in [1.807, 2.05) is 42.5 Å². The maximum atomic E-state index is 12.5. The quantitative estimate of drug-likeness (QED) is 0.695. The Labute approximate surface area is 133 Å². The third-order valence-electron chi connectivity index (χ3n) is 3.46. The van der Waals surface area contributed by atoms with Gasteiger partial charge < -0.3 is 0 Å². The fourth-order valence-corrected chi connectivity index (χ4v) is 2.21. The zero-order valence-electron chi connectivity index (χ0n) is 12.9. The summed E-state index contributed by atoms with van der Waals surface area (Å²) in [6, 6.07) is 13.3. The maximum absolute atomic E-state index is 12.5. The van der Waals surface area contributed by atoms with E-state index in [0.717, 1.165) is 11.3 Å². The molecule has 3 aromatic rings. The number of amides is 1. The molecule has 0 atom stereocenters. The number of hydrogen-bond acceptors (Lipinski definition) is 4. The van der Waals surface area contributed by atoms with Gasteiger partial charge in [-0.15, -0.1) is 0 Å². The number of para-hydroxylation sites is 1. The molecule has 6 heteroatoms. The van der Waals surface area contributed by atoms with Gasteiger partial charge in [-0.3, -0.25) is 14.6 Å². The van der Waals surface area contributed by atoms with Gasteiger partial charge in [-0.2, -0.15) is 5.10 Å². The lowest BCUT2D eigenvalue weighted by Crippen LogP contribution is -2.25. The molecule has 0 saturated carbocycles. The van der Waals surface area contributed by atoms with Crippen LogP contribution < -0.4 is 0 Å². The average Bonchev–Trinajstić information content (AvgIpc) is 3.07. The molecule has 0 aliphatic heterocycles. The average molecular weight is 308 g/mol. The maximum Gasteiger partial charge on any atom is 0.281 e. The number of benzene rings is 1. The Hall–Kier alpha value is -2.99. The van der Waals surface area contributed by atoms with Gasteiger partial charge in [0.1, 0.15) is 5.69 Å². The van der Waals surface area contributed by atoms with Gasteiger partial charge in [-0.05, 0) is 24.3 Å². The molecule has 0 radical (unpaired) electrons. The minimum Gasteiger partial charge on any atom is -0.274 e. The Morgan fingerprint density at radius 3 is 2.61 bits per heavy atom. The van der Waals surface area contributed by atoms with Crippen molar-refractivity contribution in [1.82, 2.24) is 19.8 Å². The molecule has 116 valence electrons. The molecule has 0 unspecified atom stereocenters. The van der Waals surface area contributed by atoms with Crippen molar-refractivity contribution in [1.29, 1.82) is 0 Å². The summed E-state index contributed by atoms with van der Waals surface area (Å²) in [4.78, 5) is 21.6. The van der Waals surface area contributed by atoms with Crippen LogP contribution in [0.5, 0.6) is 0 Å². The number of nitrogens with zero attached hydrogens (tertiary/aromatic N) is 4. The fraction of sp³-hybridized carbons (Fsp3) is 0.118. The third kappa shape index (κ3) is 2.97. The molecule has 2 aromatic heterocycles. The van der Waals surface area contributed by atoms with Crippen LogP contribution >= 0.6 is 0 Å². The molecule has 1 amide bonds. The van der Waals surface area contributed by atoms with Crippen LogP contribution in [0.3, 0.4) is 0 Å². The number of aromatic nitrogens is 3. The molecule has 23 heavy (non-hydrogen) atoms. The van der Waals surface area contributed by atoms with Crippen LogP contribution in [-0.4, -0.2) is 39.9 Å². The lowest BCUT2D eigenvalue weighted by Gasteiger charge is -2.13. The SMILES string of the molecule is CON(C)C(=O)c1cn(-c2ccccc2)nc1-c1cccnc1. The summed E-state index contributed by atoms with van der Waals surface area (Å²) in [5, 5.41) is 5.73. The van der Waals surface area contributed by atoms with Crippen molar-refractivity contribution in [3.05, 3.63) is 66.6 Å². The lowest BCUT2D eigenvalue weighted by atomic mass is 10.1. The van der Waals surface area contributed by atoms with E-state index in [9.17, 15) is 4.79 Å². The van der Waals surface area contributed by atoms with E-state index in [2.05, 4.69) is 10.1 Å². The van der Waals surface area contributed by atoms with E-state index in [4.69, 9.17) is 4.84 Å². The molecule has 0 saturated heterocycles. The molecule has 0 aliphatic carbocycles. The summed E-state index contributed by atoms with van der Waals surface area (Å²) in [7, 11) is 3.01. The van der Waals surface area contributed by atoms with Crippen molar-refractivity contribution < 1.29 is 9.63 Å². The van der Waals surface area contributed by atoms with Crippen molar-refractivity contribution in [2.45, 2.75) is 0 Å². The van der Waals surface area contributed by atoms with Gasteiger partial charge in [0.05, 0.1) is 18.4 Å². The van der Waals surface area contributed by atoms with Crippen LogP contribution in [0, 0.1) is 0 Å². The molecular weight excluding hydrogens is 292 g/mol. The molecule has 0 spiro atoms. The topological polar surface area (TPSA) is 60.2 Å². The zero-order valence-corrected chi connectivity index (χ0v) is 12.9. The third-order valence-corrected chi connectivity index (χ3v) is 3.46. The Kier molecular flexibility index (Phi) is 4.16. The second kappa shape index (κ2) is 6.41. The smallest absolute Gasteiger partial charge is 0.274 e. The fourth-order valence-electron chi connectivity index (χ4n) is 2.21. The van der Waals surface area contributed by atoms with Crippen LogP contribution in [0.1, 0.15) is 10.4 Å².